The predicted molar refractivity (Wildman–Crippen MR) is 92.3 cm³/mol. The van der Waals surface area contributed by atoms with Crippen molar-refractivity contribution in [1.82, 2.24) is 5.32 Å². The summed E-state index contributed by atoms with van der Waals surface area (Å²) >= 11 is 0. The van der Waals surface area contributed by atoms with E-state index in [9.17, 15) is 4.79 Å². The molecule has 0 saturated heterocycles. The van der Waals surface area contributed by atoms with E-state index in [2.05, 4.69) is 5.32 Å². The third kappa shape index (κ3) is 5.42. The molecule has 0 aliphatic carbocycles. The van der Waals surface area contributed by atoms with Crippen LogP contribution < -0.4 is 15.8 Å². The van der Waals surface area contributed by atoms with Crippen molar-refractivity contribution < 1.29 is 9.53 Å². The van der Waals surface area contributed by atoms with Crippen molar-refractivity contribution >= 4 is 5.91 Å². The lowest BCUT2D eigenvalue weighted by molar-refractivity contribution is -0.121. The van der Waals surface area contributed by atoms with Crippen LogP contribution in [0.3, 0.4) is 0 Å². The van der Waals surface area contributed by atoms with Crippen molar-refractivity contribution in [2.75, 3.05) is 13.2 Å². The summed E-state index contributed by atoms with van der Waals surface area (Å²) < 4.78 is 5.58. The highest BCUT2D eigenvalue weighted by atomic mass is 16.5. The minimum atomic E-state index is -0.271. The molecule has 0 bridgehead atoms. The van der Waals surface area contributed by atoms with Crippen molar-refractivity contribution in [2.45, 2.75) is 25.8 Å². The molecule has 2 rings (SSSR count). The van der Waals surface area contributed by atoms with E-state index < -0.39 is 0 Å². The minimum absolute atomic E-state index is 0.0322. The highest BCUT2D eigenvalue weighted by Gasteiger charge is 2.11. The van der Waals surface area contributed by atoms with Crippen LogP contribution in [-0.2, 0) is 11.2 Å². The van der Waals surface area contributed by atoms with Crippen LogP contribution in [0.15, 0.2) is 54.6 Å². The van der Waals surface area contributed by atoms with Crippen molar-refractivity contribution in [2.24, 2.45) is 5.73 Å². The number of benzene rings is 2. The van der Waals surface area contributed by atoms with Gasteiger partial charge in [0, 0.05) is 19.0 Å². The molecule has 0 aromatic heterocycles. The first-order valence-corrected chi connectivity index (χ1v) is 7.98. The summed E-state index contributed by atoms with van der Waals surface area (Å²) in [4.78, 5) is 12.0. The number of para-hydroxylation sites is 1. The molecule has 0 spiro atoms. The van der Waals surface area contributed by atoms with Gasteiger partial charge in [0.1, 0.15) is 5.75 Å². The van der Waals surface area contributed by atoms with E-state index in [0.29, 0.717) is 13.2 Å². The maximum Gasteiger partial charge on any atom is 0.221 e. The normalized spacial score (nSPS) is 11.7. The van der Waals surface area contributed by atoms with E-state index in [1.807, 2.05) is 61.5 Å². The number of amides is 1. The molecule has 1 atom stereocenters. The molecule has 0 saturated carbocycles. The second-order valence-electron chi connectivity index (χ2n) is 5.36. The summed E-state index contributed by atoms with van der Waals surface area (Å²) in [5, 5.41) is 2.93. The van der Waals surface area contributed by atoms with Crippen molar-refractivity contribution in [1.29, 1.82) is 0 Å². The lowest BCUT2D eigenvalue weighted by atomic mass is 10.0. The van der Waals surface area contributed by atoms with Gasteiger partial charge in [-0.05, 0) is 30.5 Å². The monoisotopic (exact) mass is 312 g/mol. The van der Waals surface area contributed by atoms with E-state index in [1.54, 1.807) is 0 Å². The van der Waals surface area contributed by atoms with Crippen LogP contribution in [-0.4, -0.2) is 19.1 Å². The first-order valence-electron chi connectivity index (χ1n) is 7.98. The second-order valence-corrected chi connectivity index (χ2v) is 5.36. The van der Waals surface area contributed by atoms with Crippen LogP contribution >= 0.6 is 0 Å². The van der Waals surface area contributed by atoms with Gasteiger partial charge in [0.15, 0.2) is 0 Å². The number of hydrogen-bond donors (Lipinski definition) is 2. The lowest BCUT2D eigenvalue weighted by Gasteiger charge is -2.13. The van der Waals surface area contributed by atoms with Gasteiger partial charge in [-0.2, -0.15) is 0 Å². The molecule has 1 unspecified atom stereocenters. The highest BCUT2D eigenvalue weighted by Crippen LogP contribution is 2.18. The van der Waals surface area contributed by atoms with Gasteiger partial charge in [0.2, 0.25) is 5.91 Å². The Bertz CT molecular complexity index is 614. The van der Waals surface area contributed by atoms with Crippen LogP contribution in [0.4, 0.5) is 0 Å². The molecule has 4 nitrogen and oxygen atoms in total. The van der Waals surface area contributed by atoms with Gasteiger partial charge < -0.3 is 15.8 Å². The zero-order chi connectivity index (χ0) is 16.5. The molecular formula is C19H24N2O2. The SMILES string of the molecule is CCOc1ccccc1CCNC(=O)CC(N)c1ccccc1. The van der Waals surface area contributed by atoms with Crippen LogP contribution in [0.1, 0.15) is 30.5 Å². The van der Waals surface area contributed by atoms with Crippen LogP contribution in [0.2, 0.25) is 0 Å². The molecule has 0 heterocycles. The Labute approximate surface area is 137 Å². The molecule has 3 N–H and O–H groups in total. The second kappa shape index (κ2) is 8.96. The summed E-state index contributed by atoms with van der Waals surface area (Å²) in [6.07, 6.45) is 1.03. The molecule has 2 aromatic carbocycles. The molecule has 0 radical (unpaired) electrons. The summed E-state index contributed by atoms with van der Waals surface area (Å²) in [7, 11) is 0. The number of nitrogens with one attached hydrogen (secondary N) is 1. The Balaban J connectivity index is 1.79. The first kappa shape index (κ1) is 17.0. The van der Waals surface area contributed by atoms with Crippen molar-refractivity contribution in [3.05, 3.63) is 65.7 Å². The average molecular weight is 312 g/mol. The number of hydrogen-bond acceptors (Lipinski definition) is 3. The zero-order valence-corrected chi connectivity index (χ0v) is 13.5. The van der Waals surface area contributed by atoms with Gasteiger partial charge in [0.05, 0.1) is 6.61 Å². The minimum Gasteiger partial charge on any atom is -0.494 e. The molecule has 23 heavy (non-hydrogen) atoms. The Morgan fingerprint density at radius 2 is 1.83 bits per heavy atom. The Hall–Kier alpha value is -2.33. The fourth-order valence-electron chi connectivity index (χ4n) is 2.43. The van der Waals surface area contributed by atoms with Crippen molar-refractivity contribution in [3.63, 3.8) is 0 Å². The molecule has 122 valence electrons. The molecule has 0 aliphatic heterocycles. The summed E-state index contributed by atoms with van der Waals surface area (Å²) in [6.45, 7) is 3.17. The molecule has 4 heteroatoms. The third-order valence-electron chi connectivity index (χ3n) is 3.62. The molecule has 0 aliphatic rings. The van der Waals surface area contributed by atoms with Gasteiger partial charge in [-0.3, -0.25) is 4.79 Å². The van der Waals surface area contributed by atoms with Gasteiger partial charge in [-0.15, -0.1) is 0 Å². The Morgan fingerprint density at radius 1 is 1.13 bits per heavy atom. The number of rotatable bonds is 8. The summed E-state index contributed by atoms with van der Waals surface area (Å²) in [6, 6.07) is 17.3. The van der Waals surface area contributed by atoms with E-state index in [1.165, 1.54) is 0 Å². The zero-order valence-electron chi connectivity index (χ0n) is 13.5. The maximum atomic E-state index is 12.0. The summed E-state index contributed by atoms with van der Waals surface area (Å²) in [5.41, 5.74) is 8.14. The first-order chi connectivity index (χ1) is 11.2. The van der Waals surface area contributed by atoms with E-state index >= 15 is 0 Å². The highest BCUT2D eigenvalue weighted by molar-refractivity contribution is 5.76. The topological polar surface area (TPSA) is 64.3 Å². The molecule has 0 fully saturated rings. The van der Waals surface area contributed by atoms with Crippen LogP contribution in [0.5, 0.6) is 5.75 Å². The fraction of sp³-hybridized carbons (Fsp3) is 0.316. The quantitative estimate of drug-likeness (QED) is 0.788. The van der Waals surface area contributed by atoms with Gasteiger partial charge in [0.25, 0.3) is 0 Å². The van der Waals surface area contributed by atoms with E-state index in [4.69, 9.17) is 10.5 Å². The van der Waals surface area contributed by atoms with Gasteiger partial charge in [-0.25, -0.2) is 0 Å². The molecular weight excluding hydrogens is 288 g/mol. The lowest BCUT2D eigenvalue weighted by Crippen LogP contribution is -2.29. The molecule has 1 amide bonds. The van der Waals surface area contributed by atoms with E-state index in [0.717, 1.165) is 23.3 Å². The Morgan fingerprint density at radius 3 is 2.57 bits per heavy atom. The summed E-state index contributed by atoms with van der Waals surface area (Å²) in [5.74, 6) is 0.848. The third-order valence-corrected chi connectivity index (χ3v) is 3.62. The van der Waals surface area contributed by atoms with Gasteiger partial charge >= 0.3 is 0 Å². The number of carbonyl (C=O) groups is 1. The van der Waals surface area contributed by atoms with E-state index in [-0.39, 0.29) is 18.4 Å². The van der Waals surface area contributed by atoms with Crippen molar-refractivity contribution in [3.8, 4) is 5.75 Å². The van der Waals surface area contributed by atoms with Gasteiger partial charge in [-0.1, -0.05) is 48.5 Å². The molecule has 2 aromatic rings. The van der Waals surface area contributed by atoms with Crippen LogP contribution in [0.25, 0.3) is 0 Å². The maximum absolute atomic E-state index is 12.0. The smallest absolute Gasteiger partial charge is 0.221 e. The van der Waals surface area contributed by atoms with Crippen LogP contribution in [0, 0.1) is 0 Å². The largest absolute Gasteiger partial charge is 0.494 e. The Kier molecular flexibility index (Phi) is 6.63. The standard InChI is InChI=1S/C19H24N2O2/c1-2-23-18-11-7-6-10-16(18)12-13-21-19(22)14-17(20)15-8-4-3-5-9-15/h3-11,17H,2,12-14,20H2,1H3,(H,21,22). The average Bonchev–Trinajstić information content (AvgIpc) is 2.57. The predicted octanol–water partition coefficient (Wildman–Crippen LogP) is 2.83. The number of ether oxygens (including phenoxy) is 1. The fourth-order valence-corrected chi connectivity index (χ4v) is 2.43. The number of nitrogens with two attached hydrogens (primary N) is 1. The number of carbonyl (C=O) groups excluding carboxylic acids is 1.